The summed E-state index contributed by atoms with van der Waals surface area (Å²) in [5, 5.41) is 0. The Morgan fingerprint density at radius 1 is 0.905 bits per heavy atom. The minimum Gasteiger partial charge on any atom is -0.282 e. The van der Waals surface area contributed by atoms with Crippen molar-refractivity contribution in [3.05, 3.63) is 23.8 Å². The van der Waals surface area contributed by atoms with Crippen molar-refractivity contribution in [2.45, 2.75) is 55.2 Å². The Morgan fingerprint density at radius 2 is 1.52 bits per heavy atom. The molecule has 0 atom stereocenters. The lowest BCUT2D eigenvalue weighted by molar-refractivity contribution is 0.477. The largest absolute Gasteiger partial charge is 0.294 e. The zero-order chi connectivity index (χ0) is 16.1. The van der Waals surface area contributed by atoms with Gasteiger partial charge in [-0.15, -0.1) is 0 Å². The Labute approximate surface area is 125 Å². The van der Waals surface area contributed by atoms with Crippen LogP contribution >= 0.6 is 0 Å². The van der Waals surface area contributed by atoms with Gasteiger partial charge in [0.15, 0.2) is 0 Å². The molecule has 0 aliphatic carbocycles. The van der Waals surface area contributed by atoms with E-state index in [0.29, 0.717) is 12.8 Å². The molecule has 0 spiro atoms. The van der Waals surface area contributed by atoms with Gasteiger partial charge in [-0.05, 0) is 36.6 Å². The molecule has 2 N–H and O–H groups in total. The van der Waals surface area contributed by atoms with Gasteiger partial charge in [-0.25, -0.2) is 0 Å². The molecule has 0 heterocycles. The van der Waals surface area contributed by atoms with Gasteiger partial charge in [-0.3, -0.25) is 9.11 Å². The fourth-order valence-electron chi connectivity index (χ4n) is 2.08. The minimum atomic E-state index is -4.42. The van der Waals surface area contributed by atoms with Crippen molar-refractivity contribution in [1.29, 1.82) is 0 Å². The highest BCUT2D eigenvalue weighted by molar-refractivity contribution is 7.86. The highest BCUT2D eigenvalue weighted by Gasteiger charge is 2.19. The minimum absolute atomic E-state index is 0.198. The van der Waals surface area contributed by atoms with Gasteiger partial charge >= 0.3 is 0 Å². The highest BCUT2D eigenvalue weighted by Crippen LogP contribution is 2.22. The van der Waals surface area contributed by atoms with Crippen LogP contribution in [0.3, 0.4) is 0 Å². The van der Waals surface area contributed by atoms with Gasteiger partial charge in [0.05, 0.1) is 9.79 Å². The number of rotatable bonds is 8. The summed E-state index contributed by atoms with van der Waals surface area (Å²) in [5.41, 5.74) is 0.198. The van der Waals surface area contributed by atoms with Crippen molar-refractivity contribution < 1.29 is 25.9 Å². The van der Waals surface area contributed by atoms with E-state index in [9.17, 15) is 16.8 Å². The Balaban J connectivity index is 3.01. The smallest absolute Gasteiger partial charge is 0.282 e. The number of benzene rings is 1. The van der Waals surface area contributed by atoms with Crippen LogP contribution in [0.2, 0.25) is 0 Å². The Morgan fingerprint density at radius 3 is 2.05 bits per heavy atom. The predicted molar refractivity (Wildman–Crippen MR) is 78.5 cm³/mol. The van der Waals surface area contributed by atoms with E-state index in [1.54, 1.807) is 0 Å². The number of aryl methyl sites for hydroxylation is 1. The Kier molecular flexibility index (Phi) is 6.33. The number of unbranched alkanes of at least 4 members (excludes halogenated alkanes) is 4. The molecule has 0 aliphatic heterocycles. The van der Waals surface area contributed by atoms with E-state index in [2.05, 4.69) is 6.92 Å². The second kappa shape index (κ2) is 7.35. The lowest BCUT2D eigenvalue weighted by Crippen LogP contribution is -2.06. The maximum atomic E-state index is 11.3. The Hall–Kier alpha value is -0.960. The van der Waals surface area contributed by atoms with Crippen LogP contribution < -0.4 is 0 Å². The van der Waals surface area contributed by atoms with E-state index >= 15 is 0 Å². The second-order valence-electron chi connectivity index (χ2n) is 4.88. The first-order valence-electron chi connectivity index (χ1n) is 6.74. The van der Waals surface area contributed by atoms with Crippen molar-refractivity contribution in [2.75, 3.05) is 0 Å². The van der Waals surface area contributed by atoms with Crippen LogP contribution in [-0.4, -0.2) is 25.9 Å². The molecule has 0 saturated carbocycles. The van der Waals surface area contributed by atoms with Gasteiger partial charge in [0.25, 0.3) is 20.2 Å². The molecule has 6 nitrogen and oxygen atoms in total. The molecule has 0 unspecified atom stereocenters. The van der Waals surface area contributed by atoms with E-state index in [1.165, 1.54) is 0 Å². The monoisotopic (exact) mass is 336 g/mol. The molecule has 8 heteroatoms. The predicted octanol–water partition coefficient (Wildman–Crippen LogP) is 2.69. The highest BCUT2D eigenvalue weighted by atomic mass is 32.2. The van der Waals surface area contributed by atoms with E-state index in [4.69, 9.17) is 9.11 Å². The number of hydrogen-bond acceptors (Lipinski definition) is 4. The molecule has 1 aromatic rings. The molecule has 21 heavy (non-hydrogen) atoms. The van der Waals surface area contributed by atoms with E-state index in [0.717, 1.165) is 43.9 Å². The zero-order valence-corrected chi connectivity index (χ0v) is 13.5. The summed E-state index contributed by atoms with van der Waals surface area (Å²) in [6.07, 6.45) is 5.05. The molecule has 0 aliphatic rings. The summed E-state index contributed by atoms with van der Waals surface area (Å²) in [5.74, 6) is 0. The molecule has 0 bridgehead atoms. The summed E-state index contributed by atoms with van der Waals surface area (Å²) in [7, 11) is -8.82. The van der Waals surface area contributed by atoms with Gasteiger partial charge < -0.3 is 0 Å². The van der Waals surface area contributed by atoms with Crippen LogP contribution in [-0.2, 0) is 26.7 Å². The lowest BCUT2D eigenvalue weighted by Gasteiger charge is -2.09. The van der Waals surface area contributed by atoms with Gasteiger partial charge in [0.1, 0.15) is 0 Å². The van der Waals surface area contributed by atoms with Gasteiger partial charge in [-0.1, -0.05) is 32.6 Å². The maximum absolute atomic E-state index is 11.3. The van der Waals surface area contributed by atoms with Gasteiger partial charge in [0.2, 0.25) is 0 Å². The Bertz CT molecular complexity index is 677. The third kappa shape index (κ3) is 5.74. The summed E-state index contributed by atoms with van der Waals surface area (Å²) in [6.45, 7) is 2.08. The molecule has 1 rings (SSSR count). The molecule has 120 valence electrons. The van der Waals surface area contributed by atoms with Crippen molar-refractivity contribution in [3.8, 4) is 0 Å². The topological polar surface area (TPSA) is 109 Å². The summed E-state index contributed by atoms with van der Waals surface area (Å²) in [6, 6.07) is 3.05. The van der Waals surface area contributed by atoms with Crippen molar-refractivity contribution in [2.24, 2.45) is 0 Å². The average Bonchev–Trinajstić information content (AvgIpc) is 2.36. The SMILES string of the molecule is CCCCCCCc1cc(S(=O)(=O)O)ccc1S(=O)(=O)O. The van der Waals surface area contributed by atoms with Crippen molar-refractivity contribution >= 4 is 20.2 Å². The quantitative estimate of drug-likeness (QED) is 0.558. The maximum Gasteiger partial charge on any atom is 0.294 e. The molecule has 1 aromatic carbocycles. The molecular weight excluding hydrogens is 316 g/mol. The summed E-state index contributed by atoms with van der Waals surface area (Å²) in [4.78, 5) is -0.691. The first kappa shape index (κ1) is 18.1. The lowest BCUT2D eigenvalue weighted by atomic mass is 10.1. The normalized spacial score (nSPS) is 12.5. The van der Waals surface area contributed by atoms with Crippen LogP contribution in [0.25, 0.3) is 0 Å². The van der Waals surface area contributed by atoms with Crippen LogP contribution in [0.4, 0.5) is 0 Å². The zero-order valence-electron chi connectivity index (χ0n) is 11.8. The molecule has 0 radical (unpaired) electrons. The van der Waals surface area contributed by atoms with Crippen LogP contribution in [0.1, 0.15) is 44.6 Å². The third-order valence-electron chi connectivity index (χ3n) is 3.16. The van der Waals surface area contributed by atoms with E-state index in [-0.39, 0.29) is 15.4 Å². The molecular formula is C13H20O6S2. The van der Waals surface area contributed by atoms with Gasteiger partial charge in [-0.2, -0.15) is 16.8 Å². The molecule has 0 saturated heterocycles. The van der Waals surface area contributed by atoms with Crippen molar-refractivity contribution in [3.63, 3.8) is 0 Å². The summed E-state index contributed by atoms with van der Waals surface area (Å²) < 4.78 is 63.0. The molecule has 0 amide bonds. The first-order valence-corrected chi connectivity index (χ1v) is 9.62. The fraction of sp³-hybridized carbons (Fsp3) is 0.538. The fourth-order valence-corrected chi connectivity index (χ4v) is 3.35. The van der Waals surface area contributed by atoms with Crippen LogP contribution in [0.15, 0.2) is 28.0 Å². The van der Waals surface area contributed by atoms with Crippen LogP contribution in [0, 0.1) is 0 Å². The average molecular weight is 336 g/mol. The molecule has 0 fully saturated rings. The summed E-state index contributed by atoms with van der Waals surface area (Å²) >= 11 is 0. The van der Waals surface area contributed by atoms with E-state index in [1.807, 2.05) is 0 Å². The van der Waals surface area contributed by atoms with Crippen LogP contribution in [0.5, 0.6) is 0 Å². The third-order valence-corrected chi connectivity index (χ3v) is 4.96. The van der Waals surface area contributed by atoms with E-state index < -0.39 is 20.2 Å². The second-order valence-corrected chi connectivity index (χ2v) is 7.70. The first-order chi connectivity index (χ1) is 9.66. The standard InChI is InChI=1S/C13H20O6S2/c1-2-3-4-5-6-7-11-10-12(20(14,15)16)8-9-13(11)21(17,18)19/h8-10H,2-7H2,1H3,(H,14,15,16)(H,17,18,19). The molecule has 0 aromatic heterocycles. The van der Waals surface area contributed by atoms with Gasteiger partial charge in [0, 0.05) is 0 Å². The number of hydrogen-bond donors (Lipinski definition) is 2. The van der Waals surface area contributed by atoms with Crippen molar-refractivity contribution in [1.82, 2.24) is 0 Å².